The molecule has 1 N–H and O–H groups in total. The van der Waals surface area contributed by atoms with Gasteiger partial charge in [-0.25, -0.2) is 13.6 Å². The number of thiol groups is 1. The number of hydrogen-bond acceptors (Lipinski definition) is 3. The number of hydrogen-bond donors (Lipinski definition) is 2. The van der Waals surface area contributed by atoms with E-state index >= 15 is 0 Å². The molecule has 0 spiro atoms. The van der Waals surface area contributed by atoms with Crippen molar-refractivity contribution in [3.05, 3.63) is 29.8 Å². The average molecular weight is 326 g/mol. The molecule has 0 unspecified atom stereocenters. The number of para-hydroxylation sites is 1. The smallest absolute Gasteiger partial charge is 0.410 e. The summed E-state index contributed by atoms with van der Waals surface area (Å²) in [6, 6.07) is 7.26. The van der Waals surface area contributed by atoms with Crippen LogP contribution in [0.25, 0.3) is 10.9 Å². The molecular formula is C15H16F2N2O2S. The van der Waals surface area contributed by atoms with Crippen LogP contribution in [0.2, 0.25) is 0 Å². The number of rotatable bonds is 3. The van der Waals surface area contributed by atoms with Crippen LogP contribution in [0.1, 0.15) is 12.5 Å². The molecule has 1 amide bonds. The molecule has 7 heteroatoms. The summed E-state index contributed by atoms with van der Waals surface area (Å²) in [6.45, 7) is 0.273. The Kier molecular flexibility index (Phi) is 3.76. The minimum Gasteiger partial charge on any atom is -0.443 e. The Bertz CT molecular complexity index is 717. The lowest BCUT2D eigenvalue weighted by molar-refractivity contribution is -0.112. The number of ether oxygens (including phenoxy) is 1. The maximum atomic E-state index is 13.5. The van der Waals surface area contributed by atoms with Crippen LogP contribution in [0.3, 0.4) is 0 Å². The topological polar surface area (TPSA) is 45.3 Å². The molecule has 0 bridgehead atoms. The molecule has 4 nitrogen and oxygen atoms in total. The highest BCUT2D eigenvalue weighted by Gasteiger charge is 2.42. The Labute approximate surface area is 131 Å². The van der Waals surface area contributed by atoms with Gasteiger partial charge in [-0.3, -0.25) is 4.90 Å². The summed E-state index contributed by atoms with van der Waals surface area (Å²) >= 11 is 4.41. The van der Waals surface area contributed by atoms with Gasteiger partial charge in [-0.2, -0.15) is 0 Å². The number of alkyl halides is 2. The van der Waals surface area contributed by atoms with Gasteiger partial charge in [-0.05, 0) is 25.0 Å². The van der Waals surface area contributed by atoms with Gasteiger partial charge in [0.25, 0.3) is 5.92 Å². The zero-order valence-electron chi connectivity index (χ0n) is 12.0. The SMILES string of the molecule is C[C@H](Cc1c(S)[nH]c2ccccc12)N1CC(F)(F)COC1=O. The minimum atomic E-state index is -3.01. The van der Waals surface area contributed by atoms with E-state index in [1.807, 2.05) is 24.3 Å². The molecule has 3 rings (SSSR count). The number of benzene rings is 1. The van der Waals surface area contributed by atoms with E-state index in [0.717, 1.165) is 21.4 Å². The minimum absolute atomic E-state index is 0.413. The molecule has 2 heterocycles. The Hall–Kier alpha value is -1.76. The highest BCUT2D eigenvalue weighted by molar-refractivity contribution is 7.80. The van der Waals surface area contributed by atoms with E-state index in [9.17, 15) is 13.6 Å². The highest BCUT2D eigenvalue weighted by atomic mass is 32.1. The van der Waals surface area contributed by atoms with Crippen LogP contribution >= 0.6 is 12.6 Å². The van der Waals surface area contributed by atoms with E-state index in [1.54, 1.807) is 6.92 Å². The second-order valence-corrected chi connectivity index (χ2v) is 6.04. The number of aromatic nitrogens is 1. The molecule has 0 radical (unpaired) electrons. The van der Waals surface area contributed by atoms with Crippen molar-refractivity contribution in [2.45, 2.75) is 30.3 Å². The van der Waals surface area contributed by atoms with E-state index in [2.05, 4.69) is 22.3 Å². The van der Waals surface area contributed by atoms with Gasteiger partial charge in [-0.1, -0.05) is 18.2 Å². The number of fused-ring (bicyclic) bond motifs is 1. The molecular weight excluding hydrogens is 310 g/mol. The Morgan fingerprint density at radius 1 is 1.45 bits per heavy atom. The Morgan fingerprint density at radius 3 is 2.95 bits per heavy atom. The molecule has 1 fully saturated rings. The summed E-state index contributed by atoms with van der Waals surface area (Å²) in [6.07, 6.45) is -0.271. The van der Waals surface area contributed by atoms with Crippen molar-refractivity contribution >= 4 is 29.6 Å². The van der Waals surface area contributed by atoms with Gasteiger partial charge in [-0.15, -0.1) is 12.6 Å². The van der Waals surface area contributed by atoms with Gasteiger partial charge in [0, 0.05) is 16.9 Å². The number of carbonyl (C=O) groups is 1. The first-order chi connectivity index (χ1) is 10.4. The first-order valence-electron chi connectivity index (χ1n) is 6.97. The standard InChI is InChI=1S/C15H16F2N2O2S/c1-9(19-7-15(16,17)8-21-14(19)20)6-11-10-4-2-3-5-12(10)18-13(11)22/h2-5,9,18,22H,6-8H2,1H3/t9-/m1/s1. The van der Waals surface area contributed by atoms with E-state index in [4.69, 9.17) is 0 Å². The van der Waals surface area contributed by atoms with Crippen molar-refractivity contribution in [2.24, 2.45) is 0 Å². The van der Waals surface area contributed by atoms with Crippen LogP contribution in [0, 0.1) is 0 Å². The van der Waals surface area contributed by atoms with Crippen LogP contribution in [0.5, 0.6) is 0 Å². The van der Waals surface area contributed by atoms with Gasteiger partial charge >= 0.3 is 6.09 Å². The number of halogens is 2. The van der Waals surface area contributed by atoms with Gasteiger partial charge in [0.15, 0.2) is 6.61 Å². The lowest BCUT2D eigenvalue weighted by Crippen LogP contribution is -2.53. The van der Waals surface area contributed by atoms with Gasteiger partial charge in [0.05, 0.1) is 11.6 Å². The predicted octanol–water partition coefficient (Wildman–Crippen LogP) is 3.48. The van der Waals surface area contributed by atoms with Crippen LogP contribution < -0.4 is 0 Å². The monoisotopic (exact) mass is 326 g/mol. The fourth-order valence-electron chi connectivity index (χ4n) is 2.74. The summed E-state index contributed by atoms with van der Waals surface area (Å²) < 4.78 is 31.5. The van der Waals surface area contributed by atoms with E-state index in [-0.39, 0.29) is 0 Å². The average Bonchev–Trinajstić information content (AvgIpc) is 2.78. The molecule has 1 aromatic carbocycles. The zero-order chi connectivity index (χ0) is 15.9. The summed E-state index contributed by atoms with van der Waals surface area (Å²) in [4.78, 5) is 16.0. The van der Waals surface area contributed by atoms with Crippen LogP contribution in [-0.2, 0) is 11.2 Å². The van der Waals surface area contributed by atoms with Crippen molar-refractivity contribution in [3.63, 3.8) is 0 Å². The second kappa shape index (κ2) is 5.46. The number of carbonyl (C=O) groups excluding carboxylic acids is 1. The van der Waals surface area contributed by atoms with Crippen molar-refractivity contribution < 1.29 is 18.3 Å². The molecule has 0 saturated carbocycles. The number of aromatic amines is 1. The van der Waals surface area contributed by atoms with E-state index < -0.39 is 31.2 Å². The molecule has 1 aliphatic rings. The number of nitrogens with zero attached hydrogens (tertiary/aromatic N) is 1. The van der Waals surface area contributed by atoms with Crippen molar-refractivity contribution in [1.82, 2.24) is 9.88 Å². The second-order valence-electron chi connectivity index (χ2n) is 5.59. The van der Waals surface area contributed by atoms with Gasteiger partial charge < -0.3 is 9.72 Å². The summed E-state index contributed by atoms with van der Waals surface area (Å²) in [5.74, 6) is -3.01. The van der Waals surface area contributed by atoms with Crippen LogP contribution in [0.15, 0.2) is 29.3 Å². The maximum absolute atomic E-state index is 13.5. The van der Waals surface area contributed by atoms with Crippen molar-refractivity contribution in [3.8, 4) is 0 Å². The van der Waals surface area contributed by atoms with Gasteiger partial charge in [0.2, 0.25) is 0 Å². The van der Waals surface area contributed by atoms with Crippen LogP contribution in [0.4, 0.5) is 13.6 Å². The lowest BCUT2D eigenvalue weighted by atomic mass is 10.0. The highest BCUT2D eigenvalue weighted by Crippen LogP contribution is 2.29. The summed E-state index contributed by atoms with van der Waals surface area (Å²) in [5.41, 5.74) is 1.84. The van der Waals surface area contributed by atoms with Crippen molar-refractivity contribution in [2.75, 3.05) is 13.2 Å². The number of amides is 1. The fraction of sp³-hybridized carbons (Fsp3) is 0.400. The summed E-state index contributed by atoms with van der Waals surface area (Å²) in [5, 5.41) is 1.67. The molecule has 2 aromatic rings. The molecule has 1 aromatic heterocycles. The fourth-order valence-corrected chi connectivity index (χ4v) is 3.08. The first kappa shape index (κ1) is 15.1. The lowest BCUT2D eigenvalue weighted by Gasteiger charge is -2.35. The quantitative estimate of drug-likeness (QED) is 0.848. The first-order valence-corrected chi connectivity index (χ1v) is 7.42. The number of nitrogens with one attached hydrogen (secondary N) is 1. The Morgan fingerprint density at radius 2 is 2.18 bits per heavy atom. The Balaban J connectivity index is 1.85. The maximum Gasteiger partial charge on any atom is 0.410 e. The van der Waals surface area contributed by atoms with Crippen molar-refractivity contribution in [1.29, 1.82) is 0 Å². The van der Waals surface area contributed by atoms with Gasteiger partial charge in [0.1, 0.15) is 0 Å². The third-order valence-corrected chi connectivity index (χ3v) is 4.25. The molecule has 118 valence electrons. The molecule has 1 aliphatic heterocycles. The normalized spacial score (nSPS) is 19.3. The predicted molar refractivity (Wildman–Crippen MR) is 81.7 cm³/mol. The largest absolute Gasteiger partial charge is 0.443 e. The molecule has 22 heavy (non-hydrogen) atoms. The zero-order valence-corrected chi connectivity index (χ0v) is 12.9. The third kappa shape index (κ3) is 2.77. The summed E-state index contributed by atoms with van der Waals surface area (Å²) in [7, 11) is 0. The van der Waals surface area contributed by atoms with E-state index in [1.165, 1.54) is 0 Å². The molecule has 1 saturated heterocycles. The van der Waals surface area contributed by atoms with Crippen LogP contribution in [-0.4, -0.2) is 41.1 Å². The molecule has 1 atom stereocenters. The number of cyclic esters (lactones) is 1. The molecule has 0 aliphatic carbocycles. The number of H-pyrrole nitrogens is 1. The van der Waals surface area contributed by atoms with E-state index in [0.29, 0.717) is 11.4 Å². The third-order valence-electron chi connectivity index (χ3n) is 3.87.